The smallest absolute Gasteiger partial charge is 0.367 e. The standard InChI is InChI=1S/C21H21F3N4O2S/c1-13-4-7-18(31-13)20(30)28-9-8-27(12-17(28)19(29)26(2)3)15-6-5-14(11-25)16(10-15)21(22,23)24/h4-7,10,17H,8-9,12H2,1-3H3. The molecule has 31 heavy (non-hydrogen) atoms. The Morgan fingerprint density at radius 1 is 1.19 bits per heavy atom. The Hall–Kier alpha value is -3.06. The molecule has 0 spiro atoms. The molecular weight excluding hydrogens is 429 g/mol. The van der Waals surface area contributed by atoms with Crippen LogP contribution in [0.15, 0.2) is 30.3 Å². The van der Waals surface area contributed by atoms with Crippen LogP contribution in [0.2, 0.25) is 0 Å². The molecule has 0 bridgehead atoms. The monoisotopic (exact) mass is 450 g/mol. The van der Waals surface area contributed by atoms with Crippen molar-refractivity contribution < 1.29 is 22.8 Å². The number of anilines is 1. The van der Waals surface area contributed by atoms with Crippen LogP contribution in [0.4, 0.5) is 18.9 Å². The Labute approximate surface area is 182 Å². The number of halogens is 3. The van der Waals surface area contributed by atoms with Gasteiger partial charge in [0.1, 0.15) is 6.04 Å². The lowest BCUT2D eigenvalue weighted by molar-refractivity contribution is -0.138. The van der Waals surface area contributed by atoms with Crippen molar-refractivity contribution in [1.82, 2.24) is 9.80 Å². The highest BCUT2D eigenvalue weighted by Gasteiger charge is 2.38. The largest absolute Gasteiger partial charge is 0.417 e. The van der Waals surface area contributed by atoms with E-state index in [0.29, 0.717) is 4.88 Å². The molecule has 6 nitrogen and oxygen atoms in total. The van der Waals surface area contributed by atoms with Crippen LogP contribution in [-0.4, -0.2) is 61.4 Å². The first kappa shape index (κ1) is 22.6. The predicted molar refractivity (Wildman–Crippen MR) is 111 cm³/mol. The van der Waals surface area contributed by atoms with Gasteiger partial charge in [-0.15, -0.1) is 11.3 Å². The van der Waals surface area contributed by atoms with Gasteiger partial charge in [-0.2, -0.15) is 18.4 Å². The second-order valence-corrected chi connectivity index (χ2v) is 8.73. The lowest BCUT2D eigenvalue weighted by Crippen LogP contribution is -2.60. The third-order valence-electron chi connectivity index (χ3n) is 5.11. The van der Waals surface area contributed by atoms with Crippen LogP contribution in [0.25, 0.3) is 0 Å². The molecule has 3 rings (SSSR count). The number of piperazine rings is 1. The summed E-state index contributed by atoms with van der Waals surface area (Å²) in [6.45, 7) is 2.37. The van der Waals surface area contributed by atoms with Crippen LogP contribution >= 0.6 is 11.3 Å². The summed E-state index contributed by atoms with van der Waals surface area (Å²) in [5, 5.41) is 9.01. The molecule has 1 aliphatic rings. The van der Waals surface area contributed by atoms with E-state index >= 15 is 0 Å². The van der Waals surface area contributed by atoms with E-state index in [1.807, 2.05) is 13.0 Å². The van der Waals surface area contributed by atoms with Gasteiger partial charge in [-0.05, 0) is 37.3 Å². The molecular formula is C21H21F3N4O2S. The molecule has 0 saturated carbocycles. The third-order valence-corrected chi connectivity index (χ3v) is 6.10. The van der Waals surface area contributed by atoms with Gasteiger partial charge in [0.25, 0.3) is 5.91 Å². The first-order valence-corrected chi connectivity index (χ1v) is 10.3. The fourth-order valence-corrected chi connectivity index (χ4v) is 4.35. The molecule has 1 aromatic heterocycles. The Morgan fingerprint density at radius 2 is 1.90 bits per heavy atom. The van der Waals surface area contributed by atoms with Crippen LogP contribution in [-0.2, 0) is 11.0 Å². The fourth-order valence-electron chi connectivity index (χ4n) is 3.52. The maximum Gasteiger partial charge on any atom is 0.417 e. The molecule has 0 aliphatic carbocycles. The maximum absolute atomic E-state index is 13.4. The molecule has 2 amide bonds. The van der Waals surface area contributed by atoms with E-state index in [0.717, 1.165) is 17.0 Å². The van der Waals surface area contributed by atoms with E-state index in [4.69, 9.17) is 5.26 Å². The summed E-state index contributed by atoms with van der Waals surface area (Å²) in [7, 11) is 3.14. The zero-order valence-corrected chi connectivity index (χ0v) is 18.0. The van der Waals surface area contributed by atoms with Gasteiger partial charge in [0.2, 0.25) is 5.91 Å². The number of alkyl halides is 3. The van der Waals surface area contributed by atoms with E-state index in [9.17, 15) is 22.8 Å². The molecule has 0 N–H and O–H groups in total. The van der Waals surface area contributed by atoms with Gasteiger partial charge < -0.3 is 14.7 Å². The second kappa shape index (κ2) is 8.59. The number of carbonyl (C=O) groups is 2. The second-order valence-electron chi connectivity index (χ2n) is 7.44. The van der Waals surface area contributed by atoms with Crippen molar-refractivity contribution in [2.75, 3.05) is 38.6 Å². The summed E-state index contributed by atoms with van der Waals surface area (Å²) < 4.78 is 40.1. The maximum atomic E-state index is 13.4. The summed E-state index contributed by atoms with van der Waals surface area (Å²) in [5.41, 5.74) is -1.23. The molecule has 2 aromatic rings. The van der Waals surface area contributed by atoms with Crippen molar-refractivity contribution in [3.8, 4) is 6.07 Å². The highest BCUT2D eigenvalue weighted by atomic mass is 32.1. The topological polar surface area (TPSA) is 67.6 Å². The number of nitrogens with zero attached hydrogens (tertiary/aromatic N) is 4. The van der Waals surface area contributed by atoms with Crippen LogP contribution in [0.1, 0.15) is 25.7 Å². The number of hydrogen-bond donors (Lipinski definition) is 0. The summed E-state index contributed by atoms with van der Waals surface area (Å²) in [6.07, 6.45) is -4.67. The first-order chi connectivity index (χ1) is 14.5. The van der Waals surface area contributed by atoms with Crippen LogP contribution in [0.5, 0.6) is 0 Å². The molecule has 0 radical (unpaired) electrons. The Bertz CT molecular complexity index is 1040. The number of aryl methyl sites for hydroxylation is 1. The minimum absolute atomic E-state index is 0.0519. The number of amides is 2. The third kappa shape index (κ3) is 4.66. The summed E-state index contributed by atoms with van der Waals surface area (Å²) in [4.78, 5) is 31.8. The Kier molecular flexibility index (Phi) is 6.27. The lowest BCUT2D eigenvalue weighted by Gasteiger charge is -2.42. The van der Waals surface area contributed by atoms with Gasteiger partial charge in [0.05, 0.1) is 22.1 Å². The number of carbonyl (C=O) groups excluding carboxylic acids is 2. The molecule has 1 unspecified atom stereocenters. The van der Waals surface area contributed by atoms with Gasteiger partial charge in [-0.25, -0.2) is 0 Å². The van der Waals surface area contributed by atoms with Gasteiger partial charge in [-0.1, -0.05) is 0 Å². The fraction of sp³-hybridized carbons (Fsp3) is 0.381. The number of nitriles is 1. The minimum atomic E-state index is -4.67. The first-order valence-electron chi connectivity index (χ1n) is 9.47. The Balaban J connectivity index is 1.92. The number of thiophene rings is 1. The molecule has 1 aromatic carbocycles. The van der Waals surface area contributed by atoms with Crippen molar-refractivity contribution in [3.63, 3.8) is 0 Å². The average Bonchev–Trinajstić information content (AvgIpc) is 3.17. The molecule has 164 valence electrons. The molecule has 2 heterocycles. The molecule has 10 heteroatoms. The summed E-state index contributed by atoms with van der Waals surface area (Å²) >= 11 is 1.33. The molecule has 1 aliphatic heterocycles. The average molecular weight is 450 g/mol. The summed E-state index contributed by atoms with van der Waals surface area (Å²) in [6, 6.07) is 7.75. The van der Waals surface area contributed by atoms with Crippen molar-refractivity contribution in [1.29, 1.82) is 5.26 Å². The number of benzene rings is 1. The van der Waals surface area contributed by atoms with Crippen LogP contribution < -0.4 is 4.90 Å². The van der Waals surface area contributed by atoms with Gasteiger partial charge >= 0.3 is 6.18 Å². The minimum Gasteiger partial charge on any atom is -0.367 e. The van der Waals surface area contributed by atoms with Crippen molar-refractivity contribution in [2.24, 2.45) is 0 Å². The predicted octanol–water partition coefficient (Wildman–Crippen LogP) is 3.37. The zero-order valence-electron chi connectivity index (χ0n) is 17.2. The van der Waals surface area contributed by atoms with Gasteiger partial charge in [-0.3, -0.25) is 9.59 Å². The summed E-state index contributed by atoms with van der Waals surface area (Å²) in [5.74, 6) is -0.579. The van der Waals surface area contributed by atoms with Gasteiger partial charge in [0, 0.05) is 44.3 Å². The van der Waals surface area contributed by atoms with Crippen LogP contribution in [0, 0.1) is 18.3 Å². The molecule has 1 fully saturated rings. The number of rotatable bonds is 3. The van der Waals surface area contributed by atoms with E-state index in [1.165, 1.54) is 27.2 Å². The van der Waals surface area contributed by atoms with E-state index in [-0.39, 0.29) is 37.1 Å². The molecule has 1 atom stereocenters. The van der Waals surface area contributed by atoms with Crippen molar-refractivity contribution in [2.45, 2.75) is 19.1 Å². The van der Waals surface area contributed by atoms with Crippen LogP contribution in [0.3, 0.4) is 0 Å². The molecule has 1 saturated heterocycles. The number of likely N-dealkylation sites (N-methyl/N-ethyl adjacent to an activating group) is 1. The lowest BCUT2D eigenvalue weighted by atomic mass is 10.0. The highest BCUT2D eigenvalue weighted by molar-refractivity contribution is 7.13. The quantitative estimate of drug-likeness (QED) is 0.719. The number of hydrogen-bond acceptors (Lipinski definition) is 5. The SMILES string of the molecule is Cc1ccc(C(=O)N2CCN(c3ccc(C#N)c(C(F)(F)F)c3)CC2C(=O)N(C)C)s1. The Morgan fingerprint density at radius 3 is 2.45 bits per heavy atom. The van der Waals surface area contributed by atoms with E-state index < -0.39 is 23.3 Å². The van der Waals surface area contributed by atoms with Gasteiger partial charge in [0.15, 0.2) is 0 Å². The van der Waals surface area contributed by atoms with Crippen molar-refractivity contribution >= 4 is 28.8 Å². The normalized spacial score (nSPS) is 16.7. The van der Waals surface area contributed by atoms with E-state index in [1.54, 1.807) is 31.1 Å². The van der Waals surface area contributed by atoms with Crippen molar-refractivity contribution in [3.05, 3.63) is 51.2 Å². The zero-order chi connectivity index (χ0) is 22.9. The van der Waals surface area contributed by atoms with E-state index in [2.05, 4.69) is 0 Å². The highest BCUT2D eigenvalue weighted by Crippen LogP contribution is 2.35.